The number of rotatable bonds is 2. The quantitative estimate of drug-likeness (QED) is 0.903. The third kappa shape index (κ3) is 2.33. The number of halogens is 1. The Kier molecular flexibility index (Phi) is 3.19. The van der Waals surface area contributed by atoms with E-state index in [0.29, 0.717) is 27.6 Å². The molecule has 2 aromatic rings. The monoisotopic (exact) mass is 296 g/mol. The maximum Gasteiger partial charge on any atom is 0.265 e. The van der Waals surface area contributed by atoms with Gasteiger partial charge < -0.3 is 9.72 Å². The summed E-state index contributed by atoms with van der Waals surface area (Å²) < 4.78 is 5.32. The van der Waals surface area contributed by atoms with Gasteiger partial charge >= 0.3 is 0 Å². The minimum Gasteiger partial charge on any atom is -0.480 e. The fourth-order valence-electron chi connectivity index (χ4n) is 1.25. The van der Waals surface area contributed by atoms with Crippen LogP contribution in [0.5, 0.6) is 5.88 Å². The minimum atomic E-state index is -0.245. The van der Waals surface area contributed by atoms with E-state index >= 15 is 0 Å². The van der Waals surface area contributed by atoms with Crippen LogP contribution in [-0.2, 0) is 0 Å². The average Bonchev–Trinajstić information content (AvgIpc) is 2.35. The van der Waals surface area contributed by atoms with Crippen LogP contribution in [0.1, 0.15) is 5.69 Å². The topological polar surface area (TPSA) is 80.8 Å². The normalized spacial score (nSPS) is 10.3. The SMILES string of the molecule is COc1ccc(-c2nc(C)c(Br)c(=O)[nH]2)nn1. The molecular weight excluding hydrogens is 288 g/mol. The predicted molar refractivity (Wildman–Crippen MR) is 64.9 cm³/mol. The number of hydrogen-bond acceptors (Lipinski definition) is 5. The van der Waals surface area contributed by atoms with Crippen molar-refractivity contribution in [3.05, 3.63) is 32.7 Å². The first-order valence-electron chi connectivity index (χ1n) is 4.76. The van der Waals surface area contributed by atoms with E-state index in [1.165, 1.54) is 7.11 Å². The van der Waals surface area contributed by atoms with E-state index in [9.17, 15) is 4.79 Å². The molecule has 2 aromatic heterocycles. The van der Waals surface area contributed by atoms with Crippen molar-refractivity contribution in [1.29, 1.82) is 0 Å². The lowest BCUT2D eigenvalue weighted by Crippen LogP contribution is -2.12. The highest BCUT2D eigenvalue weighted by Crippen LogP contribution is 2.15. The zero-order valence-electron chi connectivity index (χ0n) is 9.19. The number of aryl methyl sites for hydroxylation is 1. The van der Waals surface area contributed by atoms with Crippen molar-refractivity contribution < 1.29 is 4.74 Å². The highest BCUT2D eigenvalue weighted by molar-refractivity contribution is 9.10. The van der Waals surface area contributed by atoms with Crippen LogP contribution >= 0.6 is 15.9 Å². The number of H-pyrrole nitrogens is 1. The molecule has 0 radical (unpaired) electrons. The lowest BCUT2D eigenvalue weighted by Gasteiger charge is -2.02. The molecule has 0 fully saturated rings. The maximum atomic E-state index is 11.5. The van der Waals surface area contributed by atoms with Crippen LogP contribution in [0.3, 0.4) is 0 Å². The third-order valence-electron chi connectivity index (χ3n) is 2.12. The van der Waals surface area contributed by atoms with Gasteiger partial charge in [-0.15, -0.1) is 10.2 Å². The van der Waals surface area contributed by atoms with E-state index in [-0.39, 0.29) is 5.56 Å². The van der Waals surface area contributed by atoms with Gasteiger partial charge in [0.05, 0.1) is 12.8 Å². The van der Waals surface area contributed by atoms with Crippen molar-refractivity contribution in [3.8, 4) is 17.4 Å². The minimum absolute atomic E-state index is 0.245. The van der Waals surface area contributed by atoms with E-state index in [1.807, 2.05) is 0 Å². The van der Waals surface area contributed by atoms with Gasteiger partial charge in [0, 0.05) is 6.07 Å². The fourth-order valence-corrected chi connectivity index (χ4v) is 1.44. The number of aromatic amines is 1. The largest absolute Gasteiger partial charge is 0.480 e. The molecule has 0 saturated carbocycles. The van der Waals surface area contributed by atoms with Crippen LogP contribution in [0.15, 0.2) is 21.4 Å². The summed E-state index contributed by atoms with van der Waals surface area (Å²) in [7, 11) is 1.51. The van der Waals surface area contributed by atoms with Crippen molar-refractivity contribution in [2.24, 2.45) is 0 Å². The molecular formula is C10H9BrN4O2. The molecule has 2 heterocycles. The second kappa shape index (κ2) is 4.62. The highest BCUT2D eigenvalue weighted by atomic mass is 79.9. The fraction of sp³-hybridized carbons (Fsp3) is 0.200. The second-order valence-corrected chi connectivity index (χ2v) is 4.07. The summed E-state index contributed by atoms with van der Waals surface area (Å²) in [5.74, 6) is 0.788. The van der Waals surface area contributed by atoms with Gasteiger partial charge in [0.1, 0.15) is 10.2 Å². The van der Waals surface area contributed by atoms with Crippen LogP contribution in [0.25, 0.3) is 11.5 Å². The first-order chi connectivity index (χ1) is 8.11. The Balaban J connectivity index is 2.49. The molecule has 0 amide bonds. The van der Waals surface area contributed by atoms with E-state index in [4.69, 9.17) is 4.74 Å². The zero-order chi connectivity index (χ0) is 12.4. The summed E-state index contributed by atoms with van der Waals surface area (Å²) in [6.07, 6.45) is 0. The third-order valence-corrected chi connectivity index (χ3v) is 3.05. The molecule has 0 aliphatic heterocycles. The van der Waals surface area contributed by atoms with Crippen molar-refractivity contribution >= 4 is 15.9 Å². The van der Waals surface area contributed by atoms with Crippen LogP contribution in [0.4, 0.5) is 0 Å². The maximum absolute atomic E-state index is 11.5. The molecule has 0 saturated heterocycles. The Morgan fingerprint density at radius 1 is 1.35 bits per heavy atom. The average molecular weight is 297 g/mol. The first kappa shape index (κ1) is 11.7. The summed E-state index contributed by atoms with van der Waals surface area (Å²) >= 11 is 3.15. The van der Waals surface area contributed by atoms with E-state index < -0.39 is 0 Å². The molecule has 0 bridgehead atoms. The first-order valence-corrected chi connectivity index (χ1v) is 5.55. The summed E-state index contributed by atoms with van der Waals surface area (Å²) in [5.41, 5.74) is 0.838. The Hall–Kier alpha value is -1.76. The Morgan fingerprint density at radius 2 is 2.12 bits per heavy atom. The molecule has 0 aliphatic rings. The van der Waals surface area contributed by atoms with Crippen LogP contribution < -0.4 is 10.3 Å². The number of methoxy groups -OCH3 is 1. The van der Waals surface area contributed by atoms with Gasteiger partial charge in [-0.3, -0.25) is 4.79 Å². The smallest absolute Gasteiger partial charge is 0.265 e. The van der Waals surface area contributed by atoms with E-state index in [2.05, 4.69) is 36.1 Å². The number of hydrogen-bond donors (Lipinski definition) is 1. The molecule has 0 atom stereocenters. The lowest BCUT2D eigenvalue weighted by molar-refractivity contribution is 0.392. The van der Waals surface area contributed by atoms with Crippen LogP contribution in [0.2, 0.25) is 0 Å². The molecule has 7 heteroatoms. The summed E-state index contributed by atoms with van der Waals surface area (Å²) in [5, 5.41) is 7.72. The molecule has 2 rings (SSSR count). The lowest BCUT2D eigenvalue weighted by atomic mass is 10.3. The van der Waals surface area contributed by atoms with Gasteiger partial charge in [-0.05, 0) is 28.9 Å². The van der Waals surface area contributed by atoms with Gasteiger partial charge in [0.2, 0.25) is 5.88 Å². The van der Waals surface area contributed by atoms with Crippen molar-refractivity contribution in [3.63, 3.8) is 0 Å². The van der Waals surface area contributed by atoms with Gasteiger partial charge in [0.15, 0.2) is 5.82 Å². The Labute approximate surface area is 105 Å². The van der Waals surface area contributed by atoms with Gasteiger partial charge in [-0.2, -0.15) is 0 Å². The molecule has 0 aliphatic carbocycles. The van der Waals surface area contributed by atoms with Crippen molar-refractivity contribution in [1.82, 2.24) is 20.2 Å². The number of ether oxygens (including phenoxy) is 1. The standard InChI is InChI=1S/C10H9BrN4O2/c1-5-8(11)10(16)13-9(12-5)6-3-4-7(17-2)15-14-6/h3-4H,1-2H3,(H,12,13,16). The van der Waals surface area contributed by atoms with Crippen LogP contribution in [0, 0.1) is 6.92 Å². The number of aromatic nitrogens is 4. The highest BCUT2D eigenvalue weighted by Gasteiger charge is 2.08. The molecule has 0 aromatic carbocycles. The second-order valence-electron chi connectivity index (χ2n) is 3.27. The number of nitrogens with one attached hydrogen (secondary N) is 1. The molecule has 17 heavy (non-hydrogen) atoms. The summed E-state index contributed by atoms with van der Waals surface area (Å²) in [4.78, 5) is 18.4. The molecule has 6 nitrogen and oxygen atoms in total. The number of nitrogens with zero attached hydrogens (tertiary/aromatic N) is 3. The molecule has 0 spiro atoms. The summed E-state index contributed by atoms with van der Waals surface area (Å²) in [6, 6.07) is 3.33. The van der Waals surface area contributed by atoms with Crippen LogP contribution in [-0.4, -0.2) is 27.3 Å². The zero-order valence-corrected chi connectivity index (χ0v) is 10.8. The molecule has 88 valence electrons. The van der Waals surface area contributed by atoms with Gasteiger partial charge in [-0.25, -0.2) is 4.98 Å². The summed E-state index contributed by atoms with van der Waals surface area (Å²) in [6.45, 7) is 1.74. The molecule has 1 N–H and O–H groups in total. The van der Waals surface area contributed by atoms with E-state index in [0.717, 1.165) is 0 Å². The van der Waals surface area contributed by atoms with Gasteiger partial charge in [-0.1, -0.05) is 0 Å². The Bertz CT molecular complexity index is 594. The van der Waals surface area contributed by atoms with Gasteiger partial charge in [0.25, 0.3) is 5.56 Å². The molecule has 0 unspecified atom stereocenters. The van der Waals surface area contributed by atoms with Crippen molar-refractivity contribution in [2.45, 2.75) is 6.92 Å². The van der Waals surface area contributed by atoms with E-state index in [1.54, 1.807) is 19.1 Å². The van der Waals surface area contributed by atoms with Crippen molar-refractivity contribution in [2.75, 3.05) is 7.11 Å². The Morgan fingerprint density at radius 3 is 2.65 bits per heavy atom. The predicted octanol–water partition coefficient (Wildman–Crippen LogP) is 1.31.